The highest BCUT2D eigenvalue weighted by atomic mass is 32.1. The Kier molecular flexibility index (Phi) is 7.92. The van der Waals surface area contributed by atoms with E-state index in [1.165, 1.54) is 30.7 Å². The highest BCUT2D eigenvalue weighted by molar-refractivity contribution is 7.12. The van der Waals surface area contributed by atoms with Crippen molar-refractivity contribution < 1.29 is 9.59 Å². The molecular formula is C19H30N2O2S. The van der Waals surface area contributed by atoms with Crippen LogP contribution in [0.5, 0.6) is 0 Å². The number of thiophene rings is 1. The van der Waals surface area contributed by atoms with E-state index in [-0.39, 0.29) is 11.7 Å². The molecule has 0 bridgehead atoms. The van der Waals surface area contributed by atoms with Crippen LogP contribution in [0.2, 0.25) is 0 Å². The van der Waals surface area contributed by atoms with Crippen LogP contribution < -0.4 is 5.32 Å². The van der Waals surface area contributed by atoms with Crippen LogP contribution in [0, 0.1) is 11.8 Å². The fraction of sp³-hybridized carbons (Fsp3) is 0.684. The third-order valence-electron chi connectivity index (χ3n) is 4.52. The normalized spacial score (nSPS) is 16.5. The van der Waals surface area contributed by atoms with E-state index >= 15 is 0 Å². The summed E-state index contributed by atoms with van der Waals surface area (Å²) in [5.74, 6) is 1.55. The number of nitrogens with one attached hydrogen (secondary N) is 1. The predicted octanol–water partition coefficient (Wildman–Crippen LogP) is 3.59. The molecule has 0 atom stereocenters. The van der Waals surface area contributed by atoms with E-state index in [1.54, 1.807) is 0 Å². The predicted molar refractivity (Wildman–Crippen MR) is 99.5 cm³/mol. The average Bonchev–Trinajstić information content (AvgIpc) is 3.08. The lowest BCUT2D eigenvalue weighted by Gasteiger charge is -2.33. The third-order valence-corrected chi connectivity index (χ3v) is 5.43. The zero-order valence-electron chi connectivity index (χ0n) is 14.9. The number of hydrogen-bond acceptors (Lipinski definition) is 4. The molecule has 1 aromatic rings. The summed E-state index contributed by atoms with van der Waals surface area (Å²) in [5, 5.41) is 4.96. The van der Waals surface area contributed by atoms with E-state index in [0.717, 1.165) is 30.4 Å². The SMILES string of the molecule is CC(C)CN1CCC(CNC(=O)CCCC(=O)c2cccs2)CC1. The number of carbonyl (C=O) groups is 2. The lowest BCUT2D eigenvalue weighted by atomic mass is 9.96. The summed E-state index contributed by atoms with van der Waals surface area (Å²) in [6.45, 7) is 8.78. The second-order valence-electron chi connectivity index (χ2n) is 7.20. The molecule has 1 aliphatic rings. The standard InChI is InChI=1S/C19H30N2O2S/c1-15(2)14-21-10-8-16(9-11-21)13-20-19(23)7-3-5-17(22)18-6-4-12-24-18/h4,6,12,15-16H,3,5,7-11,13-14H2,1-2H3,(H,20,23). The van der Waals surface area contributed by atoms with Crippen LogP contribution in [-0.4, -0.2) is 42.8 Å². The van der Waals surface area contributed by atoms with Gasteiger partial charge in [0.2, 0.25) is 5.91 Å². The monoisotopic (exact) mass is 350 g/mol. The maximum atomic E-state index is 11.9. The molecule has 2 heterocycles. The number of piperidine rings is 1. The summed E-state index contributed by atoms with van der Waals surface area (Å²) in [5.41, 5.74) is 0. The summed E-state index contributed by atoms with van der Waals surface area (Å²) in [7, 11) is 0. The second-order valence-corrected chi connectivity index (χ2v) is 8.14. The molecule has 1 amide bonds. The maximum Gasteiger partial charge on any atom is 0.220 e. The lowest BCUT2D eigenvalue weighted by molar-refractivity contribution is -0.121. The largest absolute Gasteiger partial charge is 0.356 e. The number of rotatable bonds is 9. The van der Waals surface area contributed by atoms with E-state index in [2.05, 4.69) is 24.1 Å². The highest BCUT2D eigenvalue weighted by Crippen LogP contribution is 2.17. The Balaban J connectivity index is 1.55. The lowest BCUT2D eigenvalue weighted by Crippen LogP contribution is -2.40. The van der Waals surface area contributed by atoms with Crippen LogP contribution in [0.3, 0.4) is 0 Å². The molecule has 0 saturated carbocycles. The van der Waals surface area contributed by atoms with Crippen LogP contribution in [0.25, 0.3) is 0 Å². The Morgan fingerprint density at radius 3 is 2.67 bits per heavy atom. The molecule has 1 aliphatic heterocycles. The van der Waals surface area contributed by atoms with Crippen molar-refractivity contribution in [1.29, 1.82) is 0 Å². The van der Waals surface area contributed by atoms with Crippen molar-refractivity contribution in [3.63, 3.8) is 0 Å². The van der Waals surface area contributed by atoms with Gasteiger partial charge in [0.05, 0.1) is 4.88 Å². The van der Waals surface area contributed by atoms with Crippen molar-refractivity contribution in [2.24, 2.45) is 11.8 Å². The zero-order chi connectivity index (χ0) is 17.4. The third kappa shape index (κ3) is 6.73. The maximum absolute atomic E-state index is 11.9. The van der Waals surface area contributed by atoms with Crippen LogP contribution in [0.4, 0.5) is 0 Å². The van der Waals surface area contributed by atoms with Gasteiger partial charge in [-0.1, -0.05) is 19.9 Å². The number of carbonyl (C=O) groups excluding carboxylic acids is 2. The Morgan fingerprint density at radius 1 is 1.29 bits per heavy atom. The summed E-state index contributed by atoms with van der Waals surface area (Å²) in [6, 6.07) is 3.73. The van der Waals surface area contributed by atoms with Gasteiger partial charge < -0.3 is 10.2 Å². The molecule has 1 saturated heterocycles. The molecule has 0 unspecified atom stereocenters. The van der Waals surface area contributed by atoms with Gasteiger partial charge in [-0.05, 0) is 55.6 Å². The molecule has 0 aromatic carbocycles. The fourth-order valence-electron chi connectivity index (χ4n) is 3.21. The van der Waals surface area contributed by atoms with Crippen molar-refractivity contribution in [1.82, 2.24) is 10.2 Å². The molecule has 24 heavy (non-hydrogen) atoms. The van der Waals surface area contributed by atoms with Gasteiger partial charge in [-0.2, -0.15) is 0 Å². The molecule has 0 radical (unpaired) electrons. The molecule has 0 spiro atoms. The minimum Gasteiger partial charge on any atom is -0.356 e. The molecule has 0 aliphatic carbocycles. The molecule has 1 fully saturated rings. The molecule has 5 heteroatoms. The van der Waals surface area contributed by atoms with Gasteiger partial charge >= 0.3 is 0 Å². The molecular weight excluding hydrogens is 320 g/mol. The highest BCUT2D eigenvalue weighted by Gasteiger charge is 2.20. The average molecular weight is 351 g/mol. The van der Waals surface area contributed by atoms with Crippen LogP contribution >= 0.6 is 11.3 Å². The van der Waals surface area contributed by atoms with Gasteiger partial charge in [0.15, 0.2) is 5.78 Å². The summed E-state index contributed by atoms with van der Waals surface area (Å²) in [4.78, 5) is 27.1. The van der Waals surface area contributed by atoms with Crippen molar-refractivity contribution >= 4 is 23.0 Å². The van der Waals surface area contributed by atoms with E-state index in [0.29, 0.717) is 25.2 Å². The van der Waals surface area contributed by atoms with Gasteiger partial charge in [-0.3, -0.25) is 9.59 Å². The molecule has 1 N–H and O–H groups in total. The first-order chi connectivity index (χ1) is 11.5. The Bertz CT molecular complexity index is 505. The van der Waals surface area contributed by atoms with Crippen LogP contribution in [0.1, 0.15) is 55.6 Å². The first kappa shape index (κ1) is 19.1. The Morgan fingerprint density at radius 2 is 2.04 bits per heavy atom. The Labute approximate surface area is 149 Å². The summed E-state index contributed by atoms with van der Waals surface area (Å²) < 4.78 is 0. The van der Waals surface area contributed by atoms with Crippen molar-refractivity contribution in [2.45, 2.75) is 46.0 Å². The molecule has 2 rings (SSSR count). The minimum atomic E-state index is 0.0820. The number of hydrogen-bond donors (Lipinski definition) is 1. The molecule has 134 valence electrons. The molecule has 4 nitrogen and oxygen atoms in total. The number of nitrogens with zero attached hydrogens (tertiary/aromatic N) is 1. The fourth-order valence-corrected chi connectivity index (χ4v) is 3.90. The summed E-state index contributed by atoms with van der Waals surface area (Å²) >= 11 is 1.47. The van der Waals surface area contributed by atoms with Gasteiger partial charge in [-0.25, -0.2) is 0 Å². The smallest absolute Gasteiger partial charge is 0.220 e. The van der Waals surface area contributed by atoms with Gasteiger partial charge in [0, 0.05) is 25.9 Å². The van der Waals surface area contributed by atoms with E-state index in [4.69, 9.17) is 0 Å². The molecule has 1 aromatic heterocycles. The van der Waals surface area contributed by atoms with Gasteiger partial charge in [0.1, 0.15) is 0 Å². The van der Waals surface area contributed by atoms with E-state index < -0.39 is 0 Å². The van der Waals surface area contributed by atoms with Crippen LogP contribution in [0.15, 0.2) is 17.5 Å². The van der Waals surface area contributed by atoms with Gasteiger partial charge in [-0.15, -0.1) is 11.3 Å². The zero-order valence-corrected chi connectivity index (χ0v) is 15.7. The van der Waals surface area contributed by atoms with Crippen molar-refractivity contribution in [3.05, 3.63) is 22.4 Å². The number of likely N-dealkylation sites (tertiary alicyclic amines) is 1. The first-order valence-electron chi connectivity index (χ1n) is 9.10. The van der Waals surface area contributed by atoms with Crippen LogP contribution in [-0.2, 0) is 4.79 Å². The quantitative estimate of drug-likeness (QED) is 0.693. The van der Waals surface area contributed by atoms with Gasteiger partial charge in [0.25, 0.3) is 0 Å². The van der Waals surface area contributed by atoms with E-state index in [1.807, 2.05) is 17.5 Å². The van der Waals surface area contributed by atoms with Crippen molar-refractivity contribution in [2.75, 3.05) is 26.2 Å². The second kappa shape index (κ2) is 9.94. The summed E-state index contributed by atoms with van der Waals surface area (Å²) in [6.07, 6.45) is 3.88. The van der Waals surface area contributed by atoms with E-state index in [9.17, 15) is 9.59 Å². The number of ketones is 1. The topological polar surface area (TPSA) is 49.4 Å². The first-order valence-corrected chi connectivity index (χ1v) is 9.98. The number of amides is 1. The Hall–Kier alpha value is -1.20. The van der Waals surface area contributed by atoms with Crippen molar-refractivity contribution in [3.8, 4) is 0 Å². The number of Topliss-reactive ketones (excluding diaryl/α,β-unsaturated/α-hetero) is 1. The minimum absolute atomic E-state index is 0.0820.